The molecule has 1 aliphatic rings. The summed E-state index contributed by atoms with van der Waals surface area (Å²) in [6.07, 6.45) is 6.04. The highest BCUT2D eigenvalue weighted by atomic mass is 32.1. The summed E-state index contributed by atoms with van der Waals surface area (Å²) in [6.45, 7) is 2.40. The van der Waals surface area contributed by atoms with E-state index in [1.165, 1.54) is 17.4 Å². The number of carbonyl (C=O) groups is 2. The summed E-state index contributed by atoms with van der Waals surface area (Å²) in [7, 11) is 3.60. The van der Waals surface area contributed by atoms with Gasteiger partial charge in [-0.25, -0.2) is 4.98 Å². The van der Waals surface area contributed by atoms with E-state index in [0.29, 0.717) is 6.54 Å². The van der Waals surface area contributed by atoms with Crippen molar-refractivity contribution in [3.05, 3.63) is 22.7 Å². The van der Waals surface area contributed by atoms with Gasteiger partial charge in [-0.2, -0.15) is 0 Å². The van der Waals surface area contributed by atoms with Crippen LogP contribution < -0.4 is 5.32 Å². The molecular weight excluding hydrogens is 312 g/mol. The van der Waals surface area contributed by atoms with Gasteiger partial charge in [0.05, 0.1) is 17.2 Å². The molecule has 1 N–H and O–H groups in total. The minimum absolute atomic E-state index is 0.00487. The van der Waals surface area contributed by atoms with E-state index in [2.05, 4.69) is 15.2 Å². The van der Waals surface area contributed by atoms with E-state index in [0.717, 1.165) is 38.0 Å². The number of aromatic nitrogens is 1. The summed E-state index contributed by atoms with van der Waals surface area (Å²) in [5.41, 5.74) is 2.53. The van der Waals surface area contributed by atoms with Gasteiger partial charge in [-0.3, -0.25) is 14.5 Å². The molecule has 0 aliphatic carbocycles. The number of likely N-dealkylation sites (tertiary alicyclic amines) is 1. The van der Waals surface area contributed by atoms with Crippen LogP contribution in [-0.4, -0.2) is 66.4 Å². The highest BCUT2D eigenvalue weighted by molar-refractivity contribution is 7.07. The fourth-order valence-corrected chi connectivity index (χ4v) is 3.21. The maximum atomic E-state index is 12.1. The summed E-state index contributed by atoms with van der Waals surface area (Å²) < 4.78 is 0. The number of hydrogen-bond donors (Lipinski definition) is 1. The van der Waals surface area contributed by atoms with Gasteiger partial charge in [0, 0.05) is 38.6 Å². The van der Waals surface area contributed by atoms with Crippen molar-refractivity contribution in [3.63, 3.8) is 0 Å². The van der Waals surface area contributed by atoms with E-state index >= 15 is 0 Å². The van der Waals surface area contributed by atoms with Crippen LogP contribution in [-0.2, 0) is 9.59 Å². The molecule has 0 saturated carbocycles. The number of hydrogen-bond acceptors (Lipinski definition) is 5. The van der Waals surface area contributed by atoms with Crippen molar-refractivity contribution in [2.24, 2.45) is 0 Å². The van der Waals surface area contributed by atoms with E-state index in [4.69, 9.17) is 0 Å². The average Bonchev–Trinajstić information content (AvgIpc) is 3.20. The molecule has 126 valence electrons. The standard InChI is InChI=1S/C16H24N4O2S/c1-19(2)16(22)14-5-3-9-20(14)10-4-8-17-15(21)7-6-13-11-23-12-18-13/h6-7,11-12,14H,3-5,8-10H2,1-2H3,(H,17,21)/b7-6+/t14-/m1/s1. The molecule has 23 heavy (non-hydrogen) atoms. The van der Waals surface area contributed by atoms with Crippen molar-refractivity contribution in [1.82, 2.24) is 20.1 Å². The fraction of sp³-hybridized carbons (Fsp3) is 0.562. The van der Waals surface area contributed by atoms with Gasteiger partial charge < -0.3 is 10.2 Å². The smallest absolute Gasteiger partial charge is 0.244 e. The van der Waals surface area contributed by atoms with Gasteiger partial charge in [0.25, 0.3) is 0 Å². The highest BCUT2D eigenvalue weighted by Gasteiger charge is 2.30. The first-order valence-corrected chi connectivity index (χ1v) is 8.81. The molecule has 1 aromatic heterocycles. The number of likely N-dealkylation sites (N-methyl/N-ethyl adjacent to an activating group) is 1. The second-order valence-corrected chi connectivity index (χ2v) is 6.54. The van der Waals surface area contributed by atoms with Gasteiger partial charge in [0.15, 0.2) is 0 Å². The van der Waals surface area contributed by atoms with Crippen LogP contribution >= 0.6 is 11.3 Å². The third-order valence-electron chi connectivity index (χ3n) is 3.87. The lowest BCUT2D eigenvalue weighted by Gasteiger charge is -2.25. The zero-order valence-corrected chi connectivity index (χ0v) is 14.5. The van der Waals surface area contributed by atoms with Crippen molar-refractivity contribution in [2.45, 2.75) is 25.3 Å². The SMILES string of the molecule is CN(C)C(=O)[C@H]1CCCN1CCCNC(=O)/C=C/c1cscn1. The third-order valence-corrected chi connectivity index (χ3v) is 4.47. The molecule has 2 amide bonds. The fourth-order valence-electron chi connectivity index (χ4n) is 2.69. The summed E-state index contributed by atoms with van der Waals surface area (Å²) in [6, 6.07) is 0.00487. The molecule has 7 heteroatoms. The van der Waals surface area contributed by atoms with Crippen molar-refractivity contribution < 1.29 is 9.59 Å². The second kappa shape index (κ2) is 8.79. The summed E-state index contributed by atoms with van der Waals surface area (Å²) in [4.78, 5) is 31.8. The minimum Gasteiger partial charge on any atom is -0.353 e. The third kappa shape index (κ3) is 5.44. The van der Waals surface area contributed by atoms with Crippen LogP contribution in [0.5, 0.6) is 0 Å². The summed E-state index contributed by atoms with van der Waals surface area (Å²) >= 11 is 1.50. The van der Waals surface area contributed by atoms with Gasteiger partial charge in [-0.15, -0.1) is 11.3 Å². The Morgan fingerprint density at radius 3 is 3.04 bits per heavy atom. The Bertz CT molecular complexity index is 542. The van der Waals surface area contributed by atoms with Crippen LogP contribution in [0.3, 0.4) is 0 Å². The van der Waals surface area contributed by atoms with Gasteiger partial charge >= 0.3 is 0 Å². The predicted molar refractivity (Wildman–Crippen MR) is 92.1 cm³/mol. The molecule has 0 spiro atoms. The first kappa shape index (κ1) is 17.6. The largest absolute Gasteiger partial charge is 0.353 e. The highest BCUT2D eigenvalue weighted by Crippen LogP contribution is 2.18. The van der Waals surface area contributed by atoms with Gasteiger partial charge in [-0.05, 0) is 31.9 Å². The second-order valence-electron chi connectivity index (χ2n) is 5.82. The average molecular weight is 336 g/mol. The normalized spacial score (nSPS) is 18.4. The van der Waals surface area contributed by atoms with E-state index in [1.54, 1.807) is 30.6 Å². The molecule has 1 saturated heterocycles. The number of carbonyl (C=O) groups excluding carboxylic acids is 2. The van der Waals surface area contributed by atoms with Crippen LogP contribution in [0.4, 0.5) is 0 Å². The molecule has 1 fully saturated rings. The number of thiazole rings is 1. The molecule has 1 aromatic rings. The number of nitrogens with zero attached hydrogens (tertiary/aromatic N) is 3. The van der Waals surface area contributed by atoms with Gasteiger partial charge in [0.1, 0.15) is 0 Å². The summed E-state index contributed by atoms with van der Waals surface area (Å²) in [5, 5.41) is 4.75. The molecule has 0 radical (unpaired) electrons. The predicted octanol–water partition coefficient (Wildman–Crippen LogP) is 1.22. The molecule has 2 heterocycles. The van der Waals surface area contributed by atoms with Crippen molar-refractivity contribution in [1.29, 1.82) is 0 Å². The summed E-state index contributed by atoms with van der Waals surface area (Å²) in [5.74, 6) is 0.0677. The maximum absolute atomic E-state index is 12.1. The van der Waals surface area contributed by atoms with Crippen LogP contribution in [0, 0.1) is 0 Å². The first-order chi connectivity index (χ1) is 11.1. The zero-order valence-electron chi connectivity index (χ0n) is 13.7. The Hall–Kier alpha value is -1.73. The molecule has 1 atom stereocenters. The Morgan fingerprint density at radius 1 is 1.52 bits per heavy atom. The number of nitrogens with one attached hydrogen (secondary N) is 1. The van der Waals surface area contributed by atoms with E-state index < -0.39 is 0 Å². The topological polar surface area (TPSA) is 65.5 Å². The molecule has 2 rings (SSSR count). The lowest BCUT2D eigenvalue weighted by molar-refractivity contribution is -0.133. The van der Waals surface area contributed by atoms with Crippen LogP contribution in [0.25, 0.3) is 6.08 Å². The minimum atomic E-state index is -0.111. The lowest BCUT2D eigenvalue weighted by atomic mass is 10.2. The van der Waals surface area contributed by atoms with E-state index in [1.807, 2.05) is 5.38 Å². The van der Waals surface area contributed by atoms with Crippen LogP contribution in [0.2, 0.25) is 0 Å². The monoisotopic (exact) mass is 336 g/mol. The van der Waals surface area contributed by atoms with E-state index in [9.17, 15) is 9.59 Å². The zero-order chi connectivity index (χ0) is 16.7. The Labute approximate surface area is 141 Å². The van der Waals surface area contributed by atoms with Gasteiger partial charge in [-0.1, -0.05) is 0 Å². The molecular formula is C16H24N4O2S. The maximum Gasteiger partial charge on any atom is 0.244 e. The van der Waals surface area contributed by atoms with Crippen molar-refractivity contribution in [3.8, 4) is 0 Å². The molecule has 0 bridgehead atoms. The Balaban J connectivity index is 1.66. The van der Waals surface area contributed by atoms with E-state index in [-0.39, 0.29) is 17.9 Å². The van der Waals surface area contributed by atoms with Gasteiger partial charge in [0.2, 0.25) is 11.8 Å². The molecule has 1 aliphatic heterocycles. The van der Waals surface area contributed by atoms with Crippen LogP contribution in [0.1, 0.15) is 25.0 Å². The molecule has 0 unspecified atom stereocenters. The number of amides is 2. The Morgan fingerprint density at radius 2 is 2.35 bits per heavy atom. The van der Waals surface area contributed by atoms with Crippen molar-refractivity contribution >= 4 is 29.2 Å². The van der Waals surface area contributed by atoms with Crippen LogP contribution in [0.15, 0.2) is 17.0 Å². The first-order valence-electron chi connectivity index (χ1n) is 7.87. The Kier molecular flexibility index (Phi) is 6.73. The molecule has 0 aromatic carbocycles. The van der Waals surface area contributed by atoms with Crippen molar-refractivity contribution in [2.75, 3.05) is 33.7 Å². The number of rotatable bonds is 7. The molecule has 6 nitrogen and oxygen atoms in total. The lowest BCUT2D eigenvalue weighted by Crippen LogP contribution is -2.43. The quantitative estimate of drug-likeness (QED) is 0.600.